The van der Waals surface area contributed by atoms with Gasteiger partial charge in [0.2, 0.25) is 0 Å². The van der Waals surface area contributed by atoms with Gasteiger partial charge in [-0.3, -0.25) is 0 Å². The van der Waals surface area contributed by atoms with Crippen LogP contribution in [-0.4, -0.2) is 12.6 Å². The lowest BCUT2D eigenvalue weighted by molar-refractivity contribution is -0.0448. The summed E-state index contributed by atoms with van der Waals surface area (Å²) < 4.78 is 6.22. The van der Waals surface area contributed by atoms with E-state index in [4.69, 9.17) is 10.5 Å². The molecule has 0 saturated heterocycles. The zero-order valence-corrected chi connectivity index (χ0v) is 11.5. The summed E-state index contributed by atoms with van der Waals surface area (Å²) in [7, 11) is 0. The lowest BCUT2D eigenvalue weighted by Gasteiger charge is -2.34. The van der Waals surface area contributed by atoms with Gasteiger partial charge in [0, 0.05) is 6.54 Å². The van der Waals surface area contributed by atoms with Gasteiger partial charge in [-0.2, -0.15) is 0 Å². The number of hydrogen-bond acceptors (Lipinski definition) is 2. The average Bonchev–Trinajstić information content (AvgIpc) is 2.41. The summed E-state index contributed by atoms with van der Waals surface area (Å²) in [4.78, 5) is 0. The molecule has 1 aliphatic rings. The molecule has 1 aromatic rings. The van der Waals surface area contributed by atoms with Gasteiger partial charge in [-0.15, -0.1) is 0 Å². The van der Waals surface area contributed by atoms with Crippen molar-refractivity contribution in [3.63, 3.8) is 0 Å². The predicted octanol–water partition coefficient (Wildman–Crippen LogP) is 3.53. The summed E-state index contributed by atoms with van der Waals surface area (Å²) in [5, 5.41) is 0. The molecular formula is C16H25NO. The van der Waals surface area contributed by atoms with Crippen molar-refractivity contribution in [2.75, 3.05) is 6.54 Å². The number of benzene rings is 1. The molecule has 0 bridgehead atoms. The first kappa shape index (κ1) is 13.6. The average molecular weight is 247 g/mol. The topological polar surface area (TPSA) is 35.2 Å². The molecule has 0 aromatic heterocycles. The van der Waals surface area contributed by atoms with Crippen LogP contribution in [0.4, 0.5) is 0 Å². The summed E-state index contributed by atoms with van der Waals surface area (Å²) in [6.07, 6.45) is 4.05. The molecule has 1 aliphatic carbocycles. The Labute approximate surface area is 111 Å². The molecule has 1 aromatic carbocycles. The number of ether oxygens (including phenoxy) is 1. The van der Waals surface area contributed by atoms with E-state index in [2.05, 4.69) is 26.0 Å². The summed E-state index contributed by atoms with van der Waals surface area (Å²) in [6, 6.07) is 10.3. The van der Waals surface area contributed by atoms with Crippen molar-refractivity contribution in [1.29, 1.82) is 0 Å². The zero-order chi connectivity index (χ0) is 13.0. The van der Waals surface area contributed by atoms with Crippen LogP contribution in [0.3, 0.4) is 0 Å². The van der Waals surface area contributed by atoms with Gasteiger partial charge in [-0.05, 0) is 36.7 Å². The fourth-order valence-electron chi connectivity index (χ4n) is 2.79. The fourth-order valence-corrected chi connectivity index (χ4v) is 2.79. The molecule has 4 atom stereocenters. The molecule has 2 nitrogen and oxygen atoms in total. The van der Waals surface area contributed by atoms with Gasteiger partial charge in [0.1, 0.15) is 0 Å². The highest BCUT2D eigenvalue weighted by molar-refractivity contribution is 5.17. The highest BCUT2D eigenvalue weighted by atomic mass is 16.5. The highest BCUT2D eigenvalue weighted by Crippen LogP contribution is 2.33. The van der Waals surface area contributed by atoms with Gasteiger partial charge in [0.05, 0.1) is 12.2 Å². The Morgan fingerprint density at radius 3 is 2.50 bits per heavy atom. The van der Waals surface area contributed by atoms with Gasteiger partial charge in [0.15, 0.2) is 0 Å². The molecule has 4 unspecified atom stereocenters. The first-order valence-electron chi connectivity index (χ1n) is 7.11. The molecule has 18 heavy (non-hydrogen) atoms. The van der Waals surface area contributed by atoms with Gasteiger partial charge in [-0.1, -0.05) is 44.2 Å². The molecule has 0 aliphatic heterocycles. The van der Waals surface area contributed by atoms with Crippen LogP contribution in [0.25, 0.3) is 0 Å². The highest BCUT2D eigenvalue weighted by Gasteiger charge is 2.27. The third-order valence-corrected chi connectivity index (χ3v) is 4.29. The molecular weight excluding hydrogens is 222 g/mol. The van der Waals surface area contributed by atoms with E-state index in [-0.39, 0.29) is 6.10 Å². The van der Waals surface area contributed by atoms with Crippen molar-refractivity contribution in [3.05, 3.63) is 35.9 Å². The monoisotopic (exact) mass is 247 g/mol. The van der Waals surface area contributed by atoms with E-state index in [0.29, 0.717) is 12.6 Å². The summed E-state index contributed by atoms with van der Waals surface area (Å²) in [6.45, 7) is 5.24. The Kier molecular flexibility index (Phi) is 4.79. The molecule has 0 heterocycles. The predicted molar refractivity (Wildman–Crippen MR) is 75.3 cm³/mol. The quantitative estimate of drug-likeness (QED) is 0.883. The van der Waals surface area contributed by atoms with Crippen LogP contribution in [-0.2, 0) is 4.74 Å². The molecule has 0 radical (unpaired) electrons. The minimum atomic E-state index is 0.0526. The number of nitrogens with two attached hydrogens (primary N) is 1. The third-order valence-electron chi connectivity index (χ3n) is 4.29. The second kappa shape index (κ2) is 6.35. The van der Waals surface area contributed by atoms with E-state index in [1.165, 1.54) is 24.8 Å². The largest absolute Gasteiger partial charge is 0.369 e. The van der Waals surface area contributed by atoms with E-state index in [1.54, 1.807) is 0 Å². The zero-order valence-electron chi connectivity index (χ0n) is 11.5. The lowest BCUT2D eigenvalue weighted by atomic mass is 9.80. The van der Waals surface area contributed by atoms with E-state index in [1.807, 2.05) is 18.2 Å². The van der Waals surface area contributed by atoms with Gasteiger partial charge in [0.25, 0.3) is 0 Å². The van der Waals surface area contributed by atoms with Gasteiger partial charge in [-0.25, -0.2) is 0 Å². The number of hydrogen-bond donors (Lipinski definition) is 1. The Morgan fingerprint density at radius 1 is 1.17 bits per heavy atom. The summed E-state index contributed by atoms with van der Waals surface area (Å²) in [5.74, 6) is 1.59. The Hall–Kier alpha value is -0.860. The summed E-state index contributed by atoms with van der Waals surface area (Å²) >= 11 is 0. The Bertz CT molecular complexity index is 351. The molecule has 0 amide bonds. The van der Waals surface area contributed by atoms with Crippen molar-refractivity contribution < 1.29 is 4.74 Å². The van der Waals surface area contributed by atoms with Gasteiger partial charge >= 0.3 is 0 Å². The second-order valence-corrected chi connectivity index (χ2v) is 5.66. The van der Waals surface area contributed by atoms with Crippen molar-refractivity contribution in [2.24, 2.45) is 17.6 Å². The van der Waals surface area contributed by atoms with E-state index < -0.39 is 0 Å². The minimum Gasteiger partial charge on any atom is -0.369 e. The molecule has 2 rings (SSSR count). The fraction of sp³-hybridized carbons (Fsp3) is 0.625. The van der Waals surface area contributed by atoms with Gasteiger partial charge < -0.3 is 10.5 Å². The van der Waals surface area contributed by atoms with Crippen LogP contribution < -0.4 is 5.73 Å². The van der Waals surface area contributed by atoms with E-state index >= 15 is 0 Å². The maximum Gasteiger partial charge on any atom is 0.0950 e. The SMILES string of the molecule is CC1CCC(OC(CN)c2ccccc2)CC1C. The maximum absolute atomic E-state index is 6.22. The lowest BCUT2D eigenvalue weighted by Crippen LogP contribution is -2.30. The third kappa shape index (κ3) is 3.33. The second-order valence-electron chi connectivity index (χ2n) is 5.66. The number of rotatable bonds is 4. The van der Waals surface area contributed by atoms with Crippen LogP contribution in [0.2, 0.25) is 0 Å². The molecule has 1 saturated carbocycles. The van der Waals surface area contributed by atoms with Crippen LogP contribution in [0.5, 0.6) is 0 Å². The van der Waals surface area contributed by atoms with Crippen molar-refractivity contribution >= 4 is 0 Å². The Balaban J connectivity index is 1.95. The van der Waals surface area contributed by atoms with Crippen LogP contribution in [0.1, 0.15) is 44.8 Å². The minimum absolute atomic E-state index is 0.0526. The maximum atomic E-state index is 6.22. The van der Waals surface area contributed by atoms with Crippen LogP contribution in [0.15, 0.2) is 30.3 Å². The smallest absolute Gasteiger partial charge is 0.0950 e. The normalized spacial score (nSPS) is 30.1. The van der Waals surface area contributed by atoms with Crippen LogP contribution in [0, 0.1) is 11.8 Å². The standard InChI is InChI=1S/C16H25NO/c1-12-8-9-15(10-13(12)2)18-16(11-17)14-6-4-3-5-7-14/h3-7,12-13,15-16H,8-11,17H2,1-2H3. The molecule has 0 spiro atoms. The summed E-state index contributed by atoms with van der Waals surface area (Å²) in [5.41, 5.74) is 7.06. The van der Waals surface area contributed by atoms with Crippen molar-refractivity contribution in [3.8, 4) is 0 Å². The van der Waals surface area contributed by atoms with E-state index in [9.17, 15) is 0 Å². The molecule has 1 fully saturated rings. The van der Waals surface area contributed by atoms with Crippen LogP contribution >= 0.6 is 0 Å². The van der Waals surface area contributed by atoms with Crippen molar-refractivity contribution in [2.45, 2.75) is 45.3 Å². The Morgan fingerprint density at radius 2 is 1.89 bits per heavy atom. The van der Waals surface area contributed by atoms with Crippen molar-refractivity contribution in [1.82, 2.24) is 0 Å². The van der Waals surface area contributed by atoms with E-state index in [0.717, 1.165) is 11.8 Å². The molecule has 2 N–H and O–H groups in total. The molecule has 100 valence electrons. The first-order valence-corrected chi connectivity index (χ1v) is 7.11. The molecule has 2 heteroatoms. The first-order chi connectivity index (χ1) is 8.70.